The second kappa shape index (κ2) is 7.18. The Hall–Kier alpha value is -3.13. The highest BCUT2D eigenvalue weighted by Crippen LogP contribution is 2.16. The van der Waals surface area contributed by atoms with Gasteiger partial charge in [0.1, 0.15) is 11.5 Å². The number of H-pyrrole nitrogens is 1. The standard InChI is InChI=1S/C17H13FN4O2S/c1-10-6-7-25-15(10)9-19-22-16(23)14-8-13(20-17(24)21-14)11-2-4-12(18)5-3-11/h2-9H,1H3,(H,22,23)(H,20,21,24)/b19-9+. The smallest absolute Gasteiger partial charge is 0.301 e. The highest BCUT2D eigenvalue weighted by atomic mass is 32.1. The second-order valence-corrected chi connectivity index (χ2v) is 6.11. The number of hydrogen-bond acceptors (Lipinski definition) is 5. The number of rotatable bonds is 4. The monoisotopic (exact) mass is 356 g/mol. The van der Waals surface area contributed by atoms with Crippen molar-refractivity contribution in [1.82, 2.24) is 15.4 Å². The summed E-state index contributed by atoms with van der Waals surface area (Å²) in [5, 5.41) is 5.81. The largest absolute Gasteiger partial charge is 0.346 e. The van der Waals surface area contributed by atoms with Crippen LogP contribution < -0.4 is 11.1 Å². The predicted octanol–water partition coefficient (Wildman–Crippen LogP) is 2.71. The van der Waals surface area contributed by atoms with Crippen LogP contribution in [0.15, 0.2) is 51.7 Å². The molecule has 0 saturated heterocycles. The van der Waals surface area contributed by atoms with Crippen molar-refractivity contribution in [3.8, 4) is 11.3 Å². The number of halogens is 1. The minimum Gasteiger partial charge on any atom is -0.301 e. The maximum absolute atomic E-state index is 13.0. The van der Waals surface area contributed by atoms with Gasteiger partial charge in [-0.3, -0.25) is 4.79 Å². The van der Waals surface area contributed by atoms with Crippen LogP contribution in [0.5, 0.6) is 0 Å². The molecule has 0 unspecified atom stereocenters. The molecule has 0 radical (unpaired) electrons. The molecule has 1 aromatic carbocycles. The number of hydrazone groups is 1. The van der Waals surface area contributed by atoms with E-state index in [-0.39, 0.29) is 11.4 Å². The lowest BCUT2D eigenvalue weighted by molar-refractivity contribution is 0.0949. The highest BCUT2D eigenvalue weighted by Gasteiger charge is 2.10. The summed E-state index contributed by atoms with van der Waals surface area (Å²) >= 11 is 1.50. The number of nitrogens with one attached hydrogen (secondary N) is 2. The number of aryl methyl sites for hydroxylation is 1. The molecule has 2 N–H and O–H groups in total. The van der Waals surface area contributed by atoms with Crippen molar-refractivity contribution < 1.29 is 9.18 Å². The predicted molar refractivity (Wildman–Crippen MR) is 94.4 cm³/mol. The van der Waals surface area contributed by atoms with Gasteiger partial charge in [-0.15, -0.1) is 11.3 Å². The molecule has 2 aromatic heterocycles. The maximum atomic E-state index is 13.0. The van der Waals surface area contributed by atoms with Crippen molar-refractivity contribution in [2.75, 3.05) is 0 Å². The van der Waals surface area contributed by atoms with Gasteiger partial charge in [0.05, 0.1) is 11.9 Å². The van der Waals surface area contributed by atoms with Crippen LogP contribution in [0.3, 0.4) is 0 Å². The van der Waals surface area contributed by atoms with Crippen molar-refractivity contribution in [3.05, 3.63) is 74.2 Å². The maximum Gasteiger partial charge on any atom is 0.346 e. The summed E-state index contributed by atoms with van der Waals surface area (Å²) < 4.78 is 13.0. The Bertz CT molecular complexity index is 992. The molecule has 0 spiro atoms. The van der Waals surface area contributed by atoms with E-state index in [1.165, 1.54) is 47.9 Å². The molecule has 0 aliphatic carbocycles. The van der Waals surface area contributed by atoms with Gasteiger partial charge in [0, 0.05) is 10.4 Å². The molecule has 0 atom stereocenters. The number of hydrogen-bond donors (Lipinski definition) is 2. The molecule has 0 saturated carbocycles. The summed E-state index contributed by atoms with van der Waals surface area (Å²) in [7, 11) is 0. The van der Waals surface area contributed by atoms with E-state index in [0.717, 1.165) is 10.4 Å². The number of aromatic nitrogens is 2. The van der Waals surface area contributed by atoms with Gasteiger partial charge < -0.3 is 4.98 Å². The topological polar surface area (TPSA) is 87.2 Å². The Labute approximate surface area is 146 Å². The summed E-state index contributed by atoms with van der Waals surface area (Å²) in [6, 6.07) is 8.84. The van der Waals surface area contributed by atoms with Crippen LogP contribution in [-0.4, -0.2) is 22.1 Å². The second-order valence-electron chi connectivity index (χ2n) is 5.16. The third-order valence-corrected chi connectivity index (χ3v) is 4.33. The molecule has 0 aliphatic rings. The van der Waals surface area contributed by atoms with Gasteiger partial charge in [0.15, 0.2) is 0 Å². The molecular weight excluding hydrogens is 343 g/mol. The van der Waals surface area contributed by atoms with Gasteiger partial charge in [0.25, 0.3) is 5.91 Å². The van der Waals surface area contributed by atoms with Gasteiger partial charge in [-0.25, -0.2) is 14.6 Å². The van der Waals surface area contributed by atoms with Crippen LogP contribution in [0.25, 0.3) is 11.3 Å². The van der Waals surface area contributed by atoms with Crippen molar-refractivity contribution in [3.63, 3.8) is 0 Å². The molecule has 1 amide bonds. The van der Waals surface area contributed by atoms with Gasteiger partial charge in [0.2, 0.25) is 0 Å². The van der Waals surface area contributed by atoms with Crippen LogP contribution in [0.4, 0.5) is 4.39 Å². The average molecular weight is 356 g/mol. The van der Waals surface area contributed by atoms with Crippen LogP contribution in [-0.2, 0) is 0 Å². The summed E-state index contributed by atoms with van der Waals surface area (Å²) in [6.07, 6.45) is 1.54. The number of nitrogens with zero attached hydrogens (tertiary/aromatic N) is 2. The van der Waals surface area contributed by atoms with E-state index < -0.39 is 17.4 Å². The van der Waals surface area contributed by atoms with Crippen molar-refractivity contribution >= 4 is 23.5 Å². The van der Waals surface area contributed by atoms with Gasteiger partial charge >= 0.3 is 5.69 Å². The summed E-state index contributed by atoms with van der Waals surface area (Å²) in [6.45, 7) is 1.94. The van der Waals surface area contributed by atoms with Crippen LogP contribution >= 0.6 is 11.3 Å². The number of carbonyl (C=O) groups is 1. The Morgan fingerprint density at radius 2 is 2.08 bits per heavy atom. The lowest BCUT2D eigenvalue weighted by Gasteiger charge is -2.03. The third kappa shape index (κ3) is 4.04. The fourth-order valence-electron chi connectivity index (χ4n) is 2.07. The molecular formula is C17H13FN4O2S. The molecule has 0 bridgehead atoms. The molecule has 126 valence electrons. The number of aromatic amines is 1. The SMILES string of the molecule is Cc1ccsc1/C=N/NC(=O)c1cc(-c2ccc(F)cc2)nc(=O)[nH]1. The third-order valence-electron chi connectivity index (χ3n) is 3.38. The fourth-order valence-corrected chi connectivity index (χ4v) is 2.86. The molecule has 0 aliphatic heterocycles. The first-order chi connectivity index (χ1) is 12.0. The van der Waals surface area contributed by atoms with Gasteiger partial charge in [-0.1, -0.05) is 0 Å². The number of carbonyl (C=O) groups excluding carboxylic acids is 1. The van der Waals surface area contributed by atoms with E-state index in [2.05, 4.69) is 20.5 Å². The number of benzene rings is 1. The molecule has 25 heavy (non-hydrogen) atoms. The van der Waals surface area contributed by atoms with Crippen LogP contribution in [0.1, 0.15) is 20.9 Å². The normalized spacial score (nSPS) is 11.0. The zero-order valence-corrected chi connectivity index (χ0v) is 13.9. The van der Waals surface area contributed by atoms with E-state index in [9.17, 15) is 14.0 Å². The number of thiophene rings is 1. The van der Waals surface area contributed by atoms with E-state index in [1.807, 2.05) is 18.4 Å². The fraction of sp³-hybridized carbons (Fsp3) is 0.0588. The van der Waals surface area contributed by atoms with E-state index in [1.54, 1.807) is 0 Å². The average Bonchev–Trinajstić information content (AvgIpc) is 3.00. The van der Waals surface area contributed by atoms with Crippen molar-refractivity contribution in [2.45, 2.75) is 6.92 Å². The summed E-state index contributed by atoms with van der Waals surface area (Å²) in [5.41, 5.74) is 3.55. The van der Waals surface area contributed by atoms with E-state index >= 15 is 0 Å². The zero-order chi connectivity index (χ0) is 17.8. The van der Waals surface area contributed by atoms with Gasteiger partial charge in [-0.05, 0) is 54.3 Å². The van der Waals surface area contributed by atoms with E-state index in [4.69, 9.17) is 0 Å². The zero-order valence-electron chi connectivity index (χ0n) is 13.1. The minimum atomic E-state index is -0.676. The van der Waals surface area contributed by atoms with Crippen molar-refractivity contribution in [2.24, 2.45) is 5.10 Å². The molecule has 0 fully saturated rings. The molecule has 6 nitrogen and oxygen atoms in total. The minimum absolute atomic E-state index is 0.0133. The van der Waals surface area contributed by atoms with Gasteiger partial charge in [-0.2, -0.15) is 10.1 Å². The summed E-state index contributed by atoms with van der Waals surface area (Å²) in [5.74, 6) is -0.974. The molecule has 3 rings (SSSR count). The summed E-state index contributed by atoms with van der Waals surface area (Å²) in [4.78, 5) is 31.0. The van der Waals surface area contributed by atoms with Crippen LogP contribution in [0.2, 0.25) is 0 Å². The first-order valence-corrected chi connectivity index (χ1v) is 8.16. The van der Waals surface area contributed by atoms with Crippen molar-refractivity contribution in [1.29, 1.82) is 0 Å². The highest BCUT2D eigenvalue weighted by molar-refractivity contribution is 7.11. The lowest BCUT2D eigenvalue weighted by atomic mass is 10.1. The quantitative estimate of drug-likeness (QED) is 0.557. The Balaban J connectivity index is 1.81. The Kier molecular flexibility index (Phi) is 4.80. The Morgan fingerprint density at radius 1 is 1.32 bits per heavy atom. The number of amides is 1. The van der Waals surface area contributed by atoms with Crippen LogP contribution in [0, 0.1) is 12.7 Å². The molecule has 8 heteroatoms. The van der Waals surface area contributed by atoms with E-state index in [0.29, 0.717) is 5.56 Å². The first kappa shape index (κ1) is 16.7. The Morgan fingerprint density at radius 3 is 2.76 bits per heavy atom. The molecule has 2 heterocycles. The lowest BCUT2D eigenvalue weighted by Crippen LogP contribution is -2.24. The first-order valence-electron chi connectivity index (χ1n) is 7.28. The molecule has 3 aromatic rings.